The molecule has 1 aliphatic carbocycles. The van der Waals surface area contributed by atoms with E-state index in [0.29, 0.717) is 16.1 Å². The number of halogens is 2. The van der Waals surface area contributed by atoms with Crippen LogP contribution in [0.1, 0.15) is 44.6 Å². The summed E-state index contributed by atoms with van der Waals surface area (Å²) >= 11 is 12.0. The van der Waals surface area contributed by atoms with Crippen LogP contribution in [0.25, 0.3) is 0 Å². The SMILES string of the molecule is CC(CO)(NC1CCCCC1)c1ccc(Cl)c(Cl)c1. The van der Waals surface area contributed by atoms with E-state index in [2.05, 4.69) is 5.32 Å². The normalized spacial score (nSPS) is 20.2. The van der Waals surface area contributed by atoms with Crippen molar-refractivity contribution in [2.24, 2.45) is 0 Å². The summed E-state index contributed by atoms with van der Waals surface area (Å²) in [4.78, 5) is 0. The molecule has 1 saturated carbocycles. The molecule has 19 heavy (non-hydrogen) atoms. The Kier molecular flexibility index (Phi) is 5.13. The summed E-state index contributed by atoms with van der Waals surface area (Å²) in [6.07, 6.45) is 6.20. The molecule has 1 aromatic rings. The summed E-state index contributed by atoms with van der Waals surface area (Å²) < 4.78 is 0. The van der Waals surface area contributed by atoms with Crippen LogP contribution in [0.3, 0.4) is 0 Å². The molecule has 2 nitrogen and oxygen atoms in total. The van der Waals surface area contributed by atoms with Gasteiger partial charge in [0.15, 0.2) is 0 Å². The molecule has 1 unspecified atom stereocenters. The first-order chi connectivity index (χ1) is 9.05. The molecule has 0 heterocycles. The molecular formula is C15H21Cl2NO. The van der Waals surface area contributed by atoms with Gasteiger partial charge < -0.3 is 10.4 Å². The number of rotatable bonds is 4. The first-order valence-electron chi connectivity index (χ1n) is 6.89. The number of aliphatic hydroxyl groups excluding tert-OH is 1. The minimum atomic E-state index is -0.462. The quantitative estimate of drug-likeness (QED) is 0.876. The number of aliphatic hydroxyl groups is 1. The molecule has 106 valence electrons. The Balaban J connectivity index is 2.17. The molecule has 0 spiro atoms. The van der Waals surface area contributed by atoms with Crippen molar-refractivity contribution >= 4 is 23.2 Å². The van der Waals surface area contributed by atoms with Crippen LogP contribution in [0.15, 0.2) is 18.2 Å². The van der Waals surface area contributed by atoms with Gasteiger partial charge in [0.25, 0.3) is 0 Å². The molecule has 1 aliphatic rings. The minimum absolute atomic E-state index is 0.0431. The van der Waals surface area contributed by atoms with Crippen LogP contribution in [0, 0.1) is 0 Å². The van der Waals surface area contributed by atoms with Crippen molar-refractivity contribution in [2.45, 2.75) is 50.6 Å². The van der Waals surface area contributed by atoms with E-state index in [1.165, 1.54) is 32.1 Å². The number of hydrogen-bond acceptors (Lipinski definition) is 2. The van der Waals surface area contributed by atoms with E-state index in [0.717, 1.165) is 5.56 Å². The van der Waals surface area contributed by atoms with Gasteiger partial charge in [-0.2, -0.15) is 0 Å². The molecule has 0 radical (unpaired) electrons. The average molecular weight is 302 g/mol. The van der Waals surface area contributed by atoms with Crippen LogP contribution >= 0.6 is 23.2 Å². The van der Waals surface area contributed by atoms with Crippen LogP contribution in [-0.4, -0.2) is 17.8 Å². The summed E-state index contributed by atoms with van der Waals surface area (Å²) in [5.74, 6) is 0. The third-order valence-electron chi connectivity index (χ3n) is 4.00. The van der Waals surface area contributed by atoms with E-state index < -0.39 is 5.54 Å². The first kappa shape index (κ1) is 15.1. The van der Waals surface area contributed by atoms with Gasteiger partial charge in [-0.15, -0.1) is 0 Å². The van der Waals surface area contributed by atoms with Crippen molar-refractivity contribution in [2.75, 3.05) is 6.61 Å². The van der Waals surface area contributed by atoms with Gasteiger partial charge in [-0.3, -0.25) is 0 Å². The first-order valence-corrected chi connectivity index (χ1v) is 7.65. The summed E-state index contributed by atoms with van der Waals surface area (Å²) in [5.41, 5.74) is 0.519. The lowest BCUT2D eigenvalue weighted by Gasteiger charge is -2.36. The Labute approximate surface area is 125 Å². The topological polar surface area (TPSA) is 32.3 Å². The smallest absolute Gasteiger partial charge is 0.0652 e. The zero-order valence-electron chi connectivity index (χ0n) is 11.3. The number of nitrogens with one attached hydrogen (secondary N) is 1. The maximum absolute atomic E-state index is 9.79. The summed E-state index contributed by atoms with van der Waals surface area (Å²) in [7, 11) is 0. The monoisotopic (exact) mass is 301 g/mol. The Hall–Kier alpha value is -0.280. The van der Waals surface area contributed by atoms with Gasteiger partial charge >= 0.3 is 0 Å². The van der Waals surface area contributed by atoms with Crippen molar-refractivity contribution in [3.8, 4) is 0 Å². The van der Waals surface area contributed by atoms with E-state index in [4.69, 9.17) is 23.2 Å². The van der Waals surface area contributed by atoms with Crippen LogP contribution in [0.4, 0.5) is 0 Å². The largest absolute Gasteiger partial charge is 0.394 e. The molecule has 1 aromatic carbocycles. The van der Waals surface area contributed by atoms with E-state index >= 15 is 0 Å². The second-order valence-electron chi connectivity index (χ2n) is 5.60. The van der Waals surface area contributed by atoms with Gasteiger partial charge in [-0.25, -0.2) is 0 Å². The van der Waals surface area contributed by atoms with Crippen molar-refractivity contribution in [3.05, 3.63) is 33.8 Å². The molecule has 4 heteroatoms. The molecule has 0 aromatic heterocycles. The third kappa shape index (κ3) is 3.63. The van der Waals surface area contributed by atoms with Gasteiger partial charge in [-0.05, 0) is 37.5 Å². The molecule has 0 bridgehead atoms. The predicted molar refractivity (Wildman–Crippen MR) is 80.9 cm³/mol. The van der Waals surface area contributed by atoms with Gasteiger partial charge in [-0.1, -0.05) is 48.5 Å². The molecule has 1 atom stereocenters. The Bertz CT molecular complexity index is 432. The number of hydrogen-bond donors (Lipinski definition) is 2. The molecule has 1 fully saturated rings. The Morgan fingerprint density at radius 3 is 2.47 bits per heavy atom. The summed E-state index contributed by atoms with van der Waals surface area (Å²) in [5, 5.41) is 14.5. The third-order valence-corrected chi connectivity index (χ3v) is 4.74. The average Bonchev–Trinajstić information content (AvgIpc) is 2.43. The number of benzene rings is 1. The second-order valence-corrected chi connectivity index (χ2v) is 6.41. The van der Waals surface area contributed by atoms with Gasteiger partial charge in [0.2, 0.25) is 0 Å². The van der Waals surface area contributed by atoms with Crippen molar-refractivity contribution in [1.29, 1.82) is 0 Å². The molecule has 0 amide bonds. The minimum Gasteiger partial charge on any atom is -0.394 e. The fraction of sp³-hybridized carbons (Fsp3) is 0.600. The molecular weight excluding hydrogens is 281 g/mol. The highest BCUT2D eigenvalue weighted by atomic mass is 35.5. The predicted octanol–water partition coefficient (Wildman–Crippen LogP) is 4.12. The van der Waals surface area contributed by atoms with Crippen molar-refractivity contribution < 1.29 is 5.11 Å². The van der Waals surface area contributed by atoms with Crippen LogP contribution in [0.5, 0.6) is 0 Å². The summed E-state index contributed by atoms with van der Waals surface area (Å²) in [6, 6.07) is 6.03. The highest BCUT2D eigenvalue weighted by Crippen LogP contribution is 2.30. The van der Waals surface area contributed by atoms with E-state index in [1.807, 2.05) is 19.1 Å². The van der Waals surface area contributed by atoms with E-state index in [-0.39, 0.29) is 6.61 Å². The standard InChI is InChI=1S/C15H21Cl2NO/c1-15(10-19,18-12-5-3-2-4-6-12)11-7-8-13(16)14(17)9-11/h7-9,12,18-19H,2-6,10H2,1H3. The lowest BCUT2D eigenvalue weighted by molar-refractivity contribution is 0.150. The maximum Gasteiger partial charge on any atom is 0.0652 e. The van der Waals surface area contributed by atoms with Crippen molar-refractivity contribution in [3.63, 3.8) is 0 Å². The highest BCUT2D eigenvalue weighted by molar-refractivity contribution is 6.42. The molecule has 0 saturated heterocycles. The van der Waals surface area contributed by atoms with Crippen LogP contribution in [0.2, 0.25) is 10.0 Å². The van der Waals surface area contributed by atoms with Crippen molar-refractivity contribution in [1.82, 2.24) is 5.32 Å². The van der Waals surface area contributed by atoms with E-state index in [9.17, 15) is 5.11 Å². The van der Waals surface area contributed by atoms with Crippen LogP contribution < -0.4 is 5.32 Å². The van der Waals surface area contributed by atoms with Gasteiger partial charge in [0.1, 0.15) is 0 Å². The lowest BCUT2D eigenvalue weighted by Crippen LogP contribution is -2.49. The molecule has 0 aliphatic heterocycles. The zero-order chi connectivity index (χ0) is 13.9. The van der Waals surface area contributed by atoms with Gasteiger partial charge in [0, 0.05) is 6.04 Å². The van der Waals surface area contributed by atoms with E-state index in [1.54, 1.807) is 6.07 Å². The van der Waals surface area contributed by atoms with Gasteiger partial charge in [0.05, 0.1) is 22.2 Å². The highest BCUT2D eigenvalue weighted by Gasteiger charge is 2.29. The zero-order valence-corrected chi connectivity index (χ0v) is 12.8. The molecule has 2 N–H and O–H groups in total. The van der Waals surface area contributed by atoms with Crippen LogP contribution in [-0.2, 0) is 5.54 Å². The summed E-state index contributed by atoms with van der Waals surface area (Å²) in [6.45, 7) is 2.06. The fourth-order valence-electron chi connectivity index (χ4n) is 2.76. The molecule has 2 rings (SSSR count). The Morgan fingerprint density at radius 2 is 1.89 bits per heavy atom. The lowest BCUT2D eigenvalue weighted by atomic mass is 9.88. The Morgan fingerprint density at radius 1 is 1.21 bits per heavy atom. The maximum atomic E-state index is 9.79. The second kappa shape index (κ2) is 6.45. The fourth-order valence-corrected chi connectivity index (χ4v) is 3.06.